The lowest BCUT2D eigenvalue weighted by molar-refractivity contribution is 0.573. The first-order valence-electron chi connectivity index (χ1n) is 3.40. The summed E-state index contributed by atoms with van der Waals surface area (Å²) in [6.45, 7) is 0. The summed E-state index contributed by atoms with van der Waals surface area (Å²) in [5.74, 6) is 1.65. The highest BCUT2D eigenvalue weighted by Gasteiger charge is 2.26. The van der Waals surface area contributed by atoms with E-state index < -0.39 is 9.84 Å². The van der Waals surface area contributed by atoms with Crippen LogP contribution in [0.5, 0.6) is 0 Å². The molecule has 4 heteroatoms. The highest BCUT2D eigenvalue weighted by Crippen LogP contribution is 2.21. The molecule has 0 bridgehead atoms. The molecule has 0 aromatic carbocycles. The second-order valence-corrected chi connectivity index (χ2v) is 5.35. The quantitative estimate of drug-likeness (QED) is 0.599. The minimum Gasteiger partial charge on any atom is -0.229 e. The summed E-state index contributed by atoms with van der Waals surface area (Å²) in [7, 11) is -2.68. The molecular formula is C6H11ClO2S. The van der Waals surface area contributed by atoms with Gasteiger partial charge in [0.25, 0.3) is 0 Å². The van der Waals surface area contributed by atoms with Crippen molar-refractivity contribution in [2.75, 3.05) is 17.4 Å². The van der Waals surface area contributed by atoms with Crippen molar-refractivity contribution in [1.82, 2.24) is 0 Å². The molecule has 0 aromatic heterocycles. The van der Waals surface area contributed by atoms with Crippen LogP contribution < -0.4 is 0 Å². The second kappa shape index (κ2) is 3.09. The van der Waals surface area contributed by atoms with E-state index in [1.54, 1.807) is 0 Å². The predicted molar refractivity (Wildman–Crippen MR) is 42.1 cm³/mol. The Morgan fingerprint density at radius 1 is 1.50 bits per heavy atom. The van der Waals surface area contributed by atoms with Gasteiger partial charge in [0.15, 0.2) is 9.84 Å². The molecule has 1 fully saturated rings. The van der Waals surface area contributed by atoms with Gasteiger partial charge in [0.2, 0.25) is 0 Å². The molecule has 0 aromatic rings. The van der Waals surface area contributed by atoms with Crippen LogP contribution in [-0.2, 0) is 9.84 Å². The standard InChI is InChI=1S/C6H11ClO2S/c7-3-1-6-2-4-10(8,9)5-6/h6H,1-5H2. The van der Waals surface area contributed by atoms with Gasteiger partial charge in [-0.05, 0) is 18.8 Å². The number of hydrogen-bond donors (Lipinski definition) is 0. The first-order chi connectivity index (χ1) is 4.64. The summed E-state index contributed by atoms with van der Waals surface area (Å²) in [6, 6.07) is 0. The number of sulfone groups is 1. The Morgan fingerprint density at radius 2 is 2.20 bits per heavy atom. The maximum atomic E-state index is 10.9. The molecule has 10 heavy (non-hydrogen) atoms. The van der Waals surface area contributed by atoms with E-state index in [0.717, 1.165) is 12.8 Å². The third-order valence-corrected chi connectivity index (χ3v) is 3.90. The van der Waals surface area contributed by atoms with Gasteiger partial charge >= 0.3 is 0 Å². The lowest BCUT2D eigenvalue weighted by Crippen LogP contribution is -2.04. The Kier molecular flexibility index (Phi) is 2.58. The highest BCUT2D eigenvalue weighted by atomic mass is 35.5. The third kappa shape index (κ3) is 2.13. The Hall–Kier alpha value is 0.240. The van der Waals surface area contributed by atoms with Gasteiger partial charge in [0.05, 0.1) is 11.5 Å². The van der Waals surface area contributed by atoms with E-state index in [2.05, 4.69) is 0 Å². The molecule has 1 heterocycles. The van der Waals surface area contributed by atoms with Crippen molar-refractivity contribution in [1.29, 1.82) is 0 Å². The second-order valence-electron chi connectivity index (χ2n) is 2.75. The van der Waals surface area contributed by atoms with Crippen molar-refractivity contribution >= 4 is 21.4 Å². The van der Waals surface area contributed by atoms with Gasteiger partial charge in [0.1, 0.15) is 0 Å². The summed E-state index contributed by atoms with van der Waals surface area (Å²) in [6.07, 6.45) is 1.66. The van der Waals surface area contributed by atoms with Gasteiger partial charge in [0, 0.05) is 5.88 Å². The van der Waals surface area contributed by atoms with E-state index in [9.17, 15) is 8.42 Å². The molecular weight excluding hydrogens is 172 g/mol. The molecule has 1 aliphatic rings. The molecule has 1 rings (SSSR count). The lowest BCUT2D eigenvalue weighted by atomic mass is 10.1. The molecule has 1 saturated heterocycles. The maximum Gasteiger partial charge on any atom is 0.150 e. The van der Waals surface area contributed by atoms with Crippen LogP contribution in [-0.4, -0.2) is 25.8 Å². The van der Waals surface area contributed by atoms with Gasteiger partial charge in [-0.15, -0.1) is 11.6 Å². The van der Waals surface area contributed by atoms with Crippen molar-refractivity contribution in [3.05, 3.63) is 0 Å². The minimum atomic E-state index is -2.68. The Balaban J connectivity index is 2.44. The van der Waals surface area contributed by atoms with Crippen molar-refractivity contribution in [2.24, 2.45) is 5.92 Å². The summed E-state index contributed by atoms with van der Waals surface area (Å²) in [5.41, 5.74) is 0. The normalized spacial score (nSPS) is 30.7. The fourth-order valence-electron chi connectivity index (χ4n) is 1.25. The van der Waals surface area contributed by atoms with E-state index in [0.29, 0.717) is 23.3 Å². The molecule has 1 unspecified atom stereocenters. The highest BCUT2D eigenvalue weighted by molar-refractivity contribution is 7.91. The smallest absolute Gasteiger partial charge is 0.150 e. The molecule has 0 aliphatic carbocycles. The Labute approximate surface area is 66.5 Å². The summed E-state index contributed by atoms with van der Waals surface area (Å²) < 4.78 is 21.7. The van der Waals surface area contributed by atoms with Crippen LogP contribution >= 0.6 is 11.6 Å². The van der Waals surface area contributed by atoms with Gasteiger partial charge in [-0.2, -0.15) is 0 Å². The van der Waals surface area contributed by atoms with E-state index in [1.807, 2.05) is 0 Å². The summed E-state index contributed by atoms with van der Waals surface area (Å²) >= 11 is 5.48. The number of hydrogen-bond acceptors (Lipinski definition) is 2. The van der Waals surface area contributed by atoms with Gasteiger partial charge in [-0.1, -0.05) is 0 Å². The number of alkyl halides is 1. The van der Waals surface area contributed by atoms with Crippen LogP contribution in [0.15, 0.2) is 0 Å². The van der Waals surface area contributed by atoms with Crippen LogP contribution in [0.1, 0.15) is 12.8 Å². The minimum absolute atomic E-state index is 0.336. The molecule has 0 N–H and O–H groups in total. The molecule has 0 radical (unpaired) electrons. The van der Waals surface area contributed by atoms with E-state index in [1.165, 1.54) is 0 Å². The topological polar surface area (TPSA) is 34.1 Å². The number of halogens is 1. The molecule has 0 spiro atoms. The van der Waals surface area contributed by atoms with E-state index >= 15 is 0 Å². The zero-order chi connectivity index (χ0) is 7.61. The van der Waals surface area contributed by atoms with Crippen LogP contribution in [0.3, 0.4) is 0 Å². The fraction of sp³-hybridized carbons (Fsp3) is 1.00. The lowest BCUT2D eigenvalue weighted by Gasteiger charge is -2.01. The van der Waals surface area contributed by atoms with Crippen LogP contribution in [0.2, 0.25) is 0 Å². The first kappa shape index (κ1) is 8.34. The van der Waals surface area contributed by atoms with E-state index in [4.69, 9.17) is 11.6 Å². The molecule has 2 nitrogen and oxygen atoms in total. The zero-order valence-corrected chi connectivity index (χ0v) is 7.29. The van der Waals surface area contributed by atoms with Crippen LogP contribution in [0.4, 0.5) is 0 Å². The Bertz CT molecular complexity index is 198. The molecule has 0 amide bonds. The van der Waals surface area contributed by atoms with Gasteiger partial charge in [-0.3, -0.25) is 0 Å². The van der Waals surface area contributed by atoms with Crippen molar-refractivity contribution in [3.63, 3.8) is 0 Å². The maximum absolute atomic E-state index is 10.9. The monoisotopic (exact) mass is 182 g/mol. The zero-order valence-electron chi connectivity index (χ0n) is 5.72. The van der Waals surface area contributed by atoms with Crippen LogP contribution in [0, 0.1) is 5.92 Å². The summed E-state index contributed by atoms with van der Waals surface area (Å²) in [4.78, 5) is 0. The molecule has 1 atom stereocenters. The third-order valence-electron chi connectivity index (χ3n) is 1.84. The predicted octanol–water partition coefficient (Wildman–Crippen LogP) is 1.05. The Morgan fingerprint density at radius 3 is 2.60 bits per heavy atom. The van der Waals surface area contributed by atoms with Crippen molar-refractivity contribution < 1.29 is 8.42 Å². The fourth-order valence-corrected chi connectivity index (χ4v) is 3.47. The SMILES string of the molecule is O=S1(=O)CCC(CCCl)C1. The largest absolute Gasteiger partial charge is 0.229 e. The molecule has 60 valence electrons. The average Bonchev–Trinajstić information content (AvgIpc) is 2.12. The number of rotatable bonds is 2. The van der Waals surface area contributed by atoms with Gasteiger partial charge in [-0.25, -0.2) is 8.42 Å². The average molecular weight is 183 g/mol. The van der Waals surface area contributed by atoms with Crippen LogP contribution in [0.25, 0.3) is 0 Å². The first-order valence-corrected chi connectivity index (χ1v) is 5.76. The van der Waals surface area contributed by atoms with Gasteiger partial charge < -0.3 is 0 Å². The summed E-state index contributed by atoms with van der Waals surface area (Å²) in [5, 5.41) is 0. The van der Waals surface area contributed by atoms with Crippen molar-refractivity contribution in [3.8, 4) is 0 Å². The molecule has 0 saturated carbocycles. The van der Waals surface area contributed by atoms with E-state index in [-0.39, 0.29) is 0 Å². The molecule has 1 aliphatic heterocycles. The van der Waals surface area contributed by atoms with Crippen molar-refractivity contribution in [2.45, 2.75) is 12.8 Å².